The Morgan fingerprint density at radius 1 is 1.32 bits per heavy atom. The first-order chi connectivity index (χ1) is 10.7. The highest BCUT2D eigenvalue weighted by atomic mass is 79.9. The monoisotopic (exact) mass is 401 g/mol. The minimum Gasteiger partial charge on any atom is -0.395 e. The van der Waals surface area contributed by atoms with Gasteiger partial charge in [-0.3, -0.25) is 9.69 Å². The first kappa shape index (κ1) is 16.2. The van der Waals surface area contributed by atoms with Crippen LogP contribution in [-0.2, 0) is 4.79 Å². The molecule has 0 spiro atoms. The first-order valence-corrected chi connectivity index (χ1v) is 9.44. The van der Waals surface area contributed by atoms with Crippen molar-refractivity contribution in [2.45, 2.75) is 0 Å². The number of amidine groups is 1. The molecule has 1 N–H and O–H groups in total. The average Bonchev–Trinajstić information content (AvgIpc) is 3.07. The smallest absolute Gasteiger partial charge is 0.286 e. The van der Waals surface area contributed by atoms with Crippen LogP contribution in [0.2, 0.25) is 0 Å². The van der Waals surface area contributed by atoms with Crippen LogP contribution >= 0.6 is 39.0 Å². The fraction of sp³-hybridized carbons (Fsp3) is 0.429. The number of rotatable bonds is 3. The molecule has 8 heteroatoms. The summed E-state index contributed by atoms with van der Waals surface area (Å²) in [6.45, 7) is 4.38. The van der Waals surface area contributed by atoms with Crippen LogP contribution in [0.3, 0.4) is 0 Å². The number of halogens is 1. The molecule has 5 nitrogen and oxygen atoms in total. The highest BCUT2D eigenvalue weighted by molar-refractivity contribution is 9.11. The number of hydrogen-bond acceptors (Lipinski definition) is 6. The van der Waals surface area contributed by atoms with Crippen molar-refractivity contribution in [1.29, 1.82) is 0 Å². The van der Waals surface area contributed by atoms with Gasteiger partial charge in [0.1, 0.15) is 0 Å². The maximum absolute atomic E-state index is 12.1. The van der Waals surface area contributed by atoms with Crippen LogP contribution in [-0.4, -0.2) is 65.3 Å². The highest BCUT2D eigenvalue weighted by Crippen LogP contribution is 2.33. The number of aliphatic hydroxyl groups excluding tert-OH is 1. The summed E-state index contributed by atoms with van der Waals surface area (Å²) in [4.78, 5) is 22.3. The molecule has 0 bridgehead atoms. The summed E-state index contributed by atoms with van der Waals surface area (Å²) in [7, 11) is 0. The molecule has 3 rings (SSSR count). The number of carbonyl (C=O) groups is 1. The Hall–Kier alpha value is -0.670. The summed E-state index contributed by atoms with van der Waals surface area (Å²) in [5.41, 5.74) is 0. The van der Waals surface area contributed by atoms with E-state index >= 15 is 0 Å². The van der Waals surface area contributed by atoms with Crippen molar-refractivity contribution in [3.05, 3.63) is 25.7 Å². The number of thiophene rings is 1. The Kier molecular flexibility index (Phi) is 5.35. The van der Waals surface area contributed by atoms with Gasteiger partial charge in [0, 0.05) is 37.6 Å². The van der Waals surface area contributed by atoms with Crippen LogP contribution in [0.1, 0.15) is 4.88 Å². The quantitative estimate of drug-likeness (QED) is 0.785. The molecule has 1 aromatic rings. The van der Waals surface area contributed by atoms with Gasteiger partial charge in [-0.2, -0.15) is 4.99 Å². The van der Waals surface area contributed by atoms with Crippen molar-refractivity contribution >= 4 is 56.2 Å². The van der Waals surface area contributed by atoms with E-state index in [0.29, 0.717) is 11.4 Å². The van der Waals surface area contributed by atoms with Gasteiger partial charge in [0.15, 0.2) is 5.17 Å². The molecule has 2 aliphatic rings. The lowest BCUT2D eigenvalue weighted by Gasteiger charge is -2.34. The Balaban J connectivity index is 1.62. The number of carbonyl (C=O) groups excluding carboxylic acids is 1. The van der Waals surface area contributed by atoms with Gasteiger partial charge in [0.05, 0.1) is 15.3 Å². The number of amides is 1. The van der Waals surface area contributed by atoms with Gasteiger partial charge in [0.25, 0.3) is 5.91 Å². The number of hydrogen-bond donors (Lipinski definition) is 1. The largest absolute Gasteiger partial charge is 0.395 e. The number of piperazine rings is 1. The Morgan fingerprint density at radius 3 is 2.73 bits per heavy atom. The standard InChI is InChI=1S/C14H16BrN3O2S2/c15-12-2-1-10(21-12)9-11-13(20)16-14(22-11)18-5-3-17(4-6-18)7-8-19/h1-2,9,19H,3-8H2/b11-9+. The average molecular weight is 402 g/mol. The Bertz CT molecular complexity index is 621. The molecule has 2 aliphatic heterocycles. The van der Waals surface area contributed by atoms with E-state index in [1.54, 1.807) is 11.3 Å². The van der Waals surface area contributed by atoms with Crippen LogP contribution in [0.25, 0.3) is 6.08 Å². The molecular formula is C14H16BrN3O2S2. The molecule has 1 aromatic heterocycles. The topological polar surface area (TPSA) is 56.1 Å². The highest BCUT2D eigenvalue weighted by Gasteiger charge is 2.28. The van der Waals surface area contributed by atoms with Crippen molar-refractivity contribution < 1.29 is 9.90 Å². The number of nitrogens with zero attached hydrogens (tertiary/aromatic N) is 3. The summed E-state index contributed by atoms with van der Waals surface area (Å²) in [5.74, 6) is -0.151. The SMILES string of the molecule is O=C1N=C(N2CCN(CCO)CC2)S/C1=C/c1ccc(Br)s1. The summed E-state index contributed by atoms with van der Waals surface area (Å²) in [6, 6.07) is 3.96. The van der Waals surface area contributed by atoms with Crippen LogP contribution < -0.4 is 0 Å². The molecule has 118 valence electrons. The van der Waals surface area contributed by atoms with Gasteiger partial charge in [-0.1, -0.05) is 0 Å². The number of β-amino-alcohol motifs (C(OH)–C–C–N with tert-alkyl or cyclic N) is 1. The molecule has 1 saturated heterocycles. The van der Waals surface area contributed by atoms with Crippen LogP contribution in [0, 0.1) is 0 Å². The minimum absolute atomic E-state index is 0.151. The van der Waals surface area contributed by atoms with E-state index in [-0.39, 0.29) is 12.5 Å². The van der Waals surface area contributed by atoms with Crippen molar-refractivity contribution in [3.63, 3.8) is 0 Å². The lowest BCUT2D eigenvalue weighted by atomic mass is 10.3. The summed E-state index contributed by atoms with van der Waals surface area (Å²) >= 11 is 6.48. The zero-order valence-corrected chi connectivity index (χ0v) is 15.1. The molecule has 0 aliphatic carbocycles. The normalized spacial score (nSPS) is 21.7. The number of thioether (sulfide) groups is 1. The van der Waals surface area contributed by atoms with E-state index in [1.807, 2.05) is 18.2 Å². The van der Waals surface area contributed by atoms with E-state index in [0.717, 1.165) is 40.0 Å². The summed E-state index contributed by atoms with van der Waals surface area (Å²) < 4.78 is 1.05. The summed E-state index contributed by atoms with van der Waals surface area (Å²) in [5, 5.41) is 9.77. The van der Waals surface area contributed by atoms with Crippen LogP contribution in [0.15, 0.2) is 25.8 Å². The fourth-order valence-corrected chi connectivity index (χ4v) is 4.77. The Morgan fingerprint density at radius 2 is 2.09 bits per heavy atom. The van der Waals surface area contributed by atoms with Gasteiger partial charge < -0.3 is 10.0 Å². The maximum Gasteiger partial charge on any atom is 0.286 e. The third-order valence-electron chi connectivity index (χ3n) is 3.54. The second kappa shape index (κ2) is 7.27. The van der Waals surface area contributed by atoms with Gasteiger partial charge in [-0.25, -0.2) is 0 Å². The molecule has 22 heavy (non-hydrogen) atoms. The molecule has 3 heterocycles. The van der Waals surface area contributed by atoms with E-state index in [9.17, 15) is 4.79 Å². The minimum atomic E-state index is -0.151. The van der Waals surface area contributed by atoms with Crippen molar-refractivity contribution in [2.75, 3.05) is 39.3 Å². The first-order valence-electron chi connectivity index (χ1n) is 7.02. The van der Waals surface area contributed by atoms with Crippen molar-refractivity contribution in [2.24, 2.45) is 4.99 Å². The zero-order chi connectivity index (χ0) is 15.5. The lowest BCUT2D eigenvalue weighted by Crippen LogP contribution is -2.48. The van der Waals surface area contributed by atoms with Gasteiger partial charge in [0.2, 0.25) is 0 Å². The van der Waals surface area contributed by atoms with Crippen molar-refractivity contribution in [1.82, 2.24) is 9.80 Å². The third kappa shape index (κ3) is 3.80. The van der Waals surface area contributed by atoms with E-state index in [1.165, 1.54) is 11.8 Å². The fourth-order valence-electron chi connectivity index (χ4n) is 2.37. The maximum atomic E-state index is 12.1. The van der Waals surface area contributed by atoms with Crippen molar-refractivity contribution in [3.8, 4) is 0 Å². The Labute approximate surface area is 145 Å². The van der Waals surface area contributed by atoms with Gasteiger partial charge >= 0.3 is 0 Å². The molecule has 0 radical (unpaired) electrons. The van der Waals surface area contributed by atoms with E-state index < -0.39 is 0 Å². The lowest BCUT2D eigenvalue weighted by molar-refractivity contribution is -0.113. The number of aliphatic imine (C=N–C) groups is 1. The van der Waals surface area contributed by atoms with E-state index in [2.05, 4.69) is 30.7 Å². The van der Waals surface area contributed by atoms with E-state index in [4.69, 9.17) is 5.11 Å². The second-order valence-corrected chi connectivity index (χ2v) is 8.51. The third-order valence-corrected chi connectivity index (χ3v) is 6.15. The predicted octanol–water partition coefficient (Wildman–Crippen LogP) is 2.09. The molecule has 0 atom stereocenters. The molecule has 1 fully saturated rings. The molecule has 1 amide bonds. The molecule has 0 aromatic carbocycles. The molecule has 0 saturated carbocycles. The summed E-state index contributed by atoms with van der Waals surface area (Å²) in [6.07, 6.45) is 1.90. The molecule has 0 unspecified atom stereocenters. The van der Waals surface area contributed by atoms with Gasteiger partial charge in [-0.05, 0) is 45.9 Å². The molecular weight excluding hydrogens is 386 g/mol. The zero-order valence-electron chi connectivity index (χ0n) is 11.9. The number of aliphatic hydroxyl groups is 1. The van der Waals surface area contributed by atoms with Crippen LogP contribution in [0.4, 0.5) is 0 Å². The predicted molar refractivity (Wildman–Crippen MR) is 95.1 cm³/mol. The van der Waals surface area contributed by atoms with Gasteiger partial charge in [-0.15, -0.1) is 11.3 Å². The van der Waals surface area contributed by atoms with Crippen LogP contribution in [0.5, 0.6) is 0 Å². The second-order valence-electron chi connectivity index (χ2n) is 5.00.